The topological polar surface area (TPSA) is 75.7 Å². The van der Waals surface area contributed by atoms with E-state index in [-0.39, 0.29) is 6.10 Å². The Kier molecular flexibility index (Phi) is 5.63. The summed E-state index contributed by atoms with van der Waals surface area (Å²) < 4.78 is 6.01. The number of aliphatic hydroxyl groups is 2. The summed E-state index contributed by atoms with van der Waals surface area (Å²) in [6, 6.07) is 13.5. The van der Waals surface area contributed by atoms with Crippen molar-refractivity contribution in [2.75, 3.05) is 5.73 Å². The van der Waals surface area contributed by atoms with Gasteiger partial charge >= 0.3 is 0 Å². The SMILES string of the molecule is C#Cc1ccc(Cc2cc([C@@H]3O[C@H](CC)C[C@H](O)[C@H]3O)ccc2N)cc1. The molecular formula is C22H25NO3. The standard InChI is InChI=1S/C22H25NO3/c1-3-14-5-7-15(8-6-14)11-17-12-16(9-10-19(17)23)22-21(25)20(24)13-18(4-2)26-22/h1,5-10,12,18,20-22,24-25H,4,11,13,23H2,2H3/t18-,20+,21-,22+/m1/s1. The van der Waals surface area contributed by atoms with E-state index >= 15 is 0 Å². The van der Waals surface area contributed by atoms with E-state index in [1.807, 2.05) is 49.4 Å². The Bertz CT molecular complexity index is 794. The molecule has 1 aliphatic rings. The van der Waals surface area contributed by atoms with Gasteiger partial charge in [0.05, 0.1) is 12.2 Å². The molecule has 0 bridgehead atoms. The fourth-order valence-electron chi connectivity index (χ4n) is 3.39. The molecule has 4 nitrogen and oxygen atoms in total. The molecule has 1 heterocycles. The first kappa shape index (κ1) is 18.5. The van der Waals surface area contributed by atoms with Crippen LogP contribution in [0.2, 0.25) is 0 Å². The van der Waals surface area contributed by atoms with Gasteiger partial charge in [0.1, 0.15) is 12.2 Å². The Hall–Kier alpha value is -2.32. The predicted molar refractivity (Wildman–Crippen MR) is 103 cm³/mol. The molecule has 0 aliphatic carbocycles. The van der Waals surface area contributed by atoms with Gasteiger partial charge in [-0.1, -0.05) is 37.1 Å². The zero-order chi connectivity index (χ0) is 18.7. The largest absolute Gasteiger partial charge is 0.398 e. The summed E-state index contributed by atoms with van der Waals surface area (Å²) >= 11 is 0. The molecule has 0 saturated carbocycles. The van der Waals surface area contributed by atoms with E-state index in [4.69, 9.17) is 16.9 Å². The summed E-state index contributed by atoms with van der Waals surface area (Å²) in [5.41, 5.74) is 10.6. The normalized spacial score (nSPS) is 25.6. The van der Waals surface area contributed by atoms with Crippen molar-refractivity contribution in [3.8, 4) is 12.3 Å². The number of hydrogen-bond donors (Lipinski definition) is 3. The molecule has 1 saturated heterocycles. The van der Waals surface area contributed by atoms with E-state index < -0.39 is 18.3 Å². The van der Waals surface area contributed by atoms with Gasteiger partial charge in [0.25, 0.3) is 0 Å². The number of aliphatic hydroxyl groups excluding tert-OH is 2. The molecule has 0 amide bonds. The minimum absolute atomic E-state index is 0.0595. The number of anilines is 1. The fraction of sp³-hybridized carbons (Fsp3) is 0.364. The van der Waals surface area contributed by atoms with Crippen LogP contribution in [0, 0.1) is 12.3 Å². The Labute approximate surface area is 154 Å². The fourth-order valence-corrected chi connectivity index (χ4v) is 3.39. The van der Waals surface area contributed by atoms with E-state index in [2.05, 4.69) is 5.92 Å². The lowest BCUT2D eigenvalue weighted by Gasteiger charge is -2.37. The lowest BCUT2D eigenvalue weighted by atomic mass is 9.90. The van der Waals surface area contributed by atoms with Gasteiger partial charge in [0.15, 0.2) is 0 Å². The Morgan fingerprint density at radius 3 is 2.58 bits per heavy atom. The first-order valence-corrected chi connectivity index (χ1v) is 8.97. The monoisotopic (exact) mass is 351 g/mol. The van der Waals surface area contributed by atoms with E-state index in [0.29, 0.717) is 18.5 Å². The first-order valence-electron chi connectivity index (χ1n) is 8.97. The number of benzene rings is 2. The molecule has 2 aromatic rings. The number of hydrogen-bond acceptors (Lipinski definition) is 4. The average molecular weight is 351 g/mol. The van der Waals surface area contributed by atoms with E-state index in [0.717, 1.165) is 28.7 Å². The highest BCUT2D eigenvalue weighted by Gasteiger charge is 2.37. The molecule has 3 rings (SSSR count). The van der Waals surface area contributed by atoms with Gasteiger partial charge in [0, 0.05) is 17.7 Å². The highest BCUT2D eigenvalue weighted by Crippen LogP contribution is 2.34. The highest BCUT2D eigenvalue weighted by atomic mass is 16.5. The molecule has 26 heavy (non-hydrogen) atoms. The van der Waals surface area contributed by atoms with E-state index in [9.17, 15) is 10.2 Å². The van der Waals surface area contributed by atoms with Crippen LogP contribution in [0.1, 0.15) is 48.1 Å². The third-order valence-corrected chi connectivity index (χ3v) is 5.01. The Morgan fingerprint density at radius 2 is 1.92 bits per heavy atom. The predicted octanol–water partition coefficient (Wildman–Crippen LogP) is 2.80. The van der Waals surface area contributed by atoms with Gasteiger partial charge in [-0.3, -0.25) is 0 Å². The van der Waals surface area contributed by atoms with Crippen LogP contribution < -0.4 is 5.73 Å². The van der Waals surface area contributed by atoms with Crippen LogP contribution in [0.5, 0.6) is 0 Å². The van der Waals surface area contributed by atoms with Gasteiger partial charge in [-0.25, -0.2) is 0 Å². The zero-order valence-electron chi connectivity index (χ0n) is 14.9. The van der Waals surface area contributed by atoms with Gasteiger partial charge in [-0.05, 0) is 47.7 Å². The Balaban J connectivity index is 1.85. The van der Waals surface area contributed by atoms with Crippen LogP contribution in [-0.2, 0) is 11.2 Å². The zero-order valence-corrected chi connectivity index (χ0v) is 14.9. The maximum absolute atomic E-state index is 10.4. The van der Waals surface area contributed by atoms with Crippen LogP contribution in [0.25, 0.3) is 0 Å². The second-order valence-electron chi connectivity index (χ2n) is 6.86. The Morgan fingerprint density at radius 1 is 1.19 bits per heavy atom. The van der Waals surface area contributed by atoms with Crippen molar-refractivity contribution in [3.05, 3.63) is 64.7 Å². The third kappa shape index (κ3) is 3.91. The number of nitrogens with two attached hydrogens (primary N) is 1. The summed E-state index contributed by atoms with van der Waals surface area (Å²) in [7, 11) is 0. The lowest BCUT2D eigenvalue weighted by molar-refractivity contribution is -0.171. The highest BCUT2D eigenvalue weighted by molar-refractivity contribution is 5.51. The minimum atomic E-state index is -0.941. The van der Waals surface area contributed by atoms with E-state index in [1.54, 1.807) is 0 Å². The number of nitrogen functional groups attached to an aromatic ring is 1. The summed E-state index contributed by atoms with van der Waals surface area (Å²) in [6.07, 6.45) is 4.98. The minimum Gasteiger partial charge on any atom is -0.398 e. The first-order chi connectivity index (χ1) is 12.5. The molecule has 4 N–H and O–H groups in total. The van der Waals surface area contributed by atoms with Crippen LogP contribution >= 0.6 is 0 Å². The lowest BCUT2D eigenvalue weighted by Crippen LogP contribution is -2.43. The molecule has 1 fully saturated rings. The van der Waals surface area contributed by atoms with Crippen LogP contribution in [-0.4, -0.2) is 28.5 Å². The van der Waals surface area contributed by atoms with Gasteiger partial charge < -0.3 is 20.7 Å². The van der Waals surface area contributed by atoms with Gasteiger partial charge in [-0.2, -0.15) is 0 Å². The number of rotatable bonds is 4. The maximum atomic E-state index is 10.4. The van der Waals surface area contributed by atoms with E-state index in [1.165, 1.54) is 0 Å². The van der Waals surface area contributed by atoms with Crippen LogP contribution in [0.4, 0.5) is 5.69 Å². The third-order valence-electron chi connectivity index (χ3n) is 5.01. The molecule has 0 unspecified atom stereocenters. The summed E-state index contributed by atoms with van der Waals surface area (Å²) in [5, 5.41) is 20.5. The summed E-state index contributed by atoms with van der Waals surface area (Å²) in [6.45, 7) is 2.01. The smallest absolute Gasteiger partial charge is 0.111 e. The van der Waals surface area contributed by atoms with Crippen LogP contribution in [0.3, 0.4) is 0 Å². The molecular weight excluding hydrogens is 326 g/mol. The molecule has 1 aliphatic heterocycles. The summed E-state index contributed by atoms with van der Waals surface area (Å²) in [4.78, 5) is 0. The second kappa shape index (κ2) is 7.92. The molecule has 4 atom stereocenters. The van der Waals surface area contributed by atoms with Crippen molar-refractivity contribution in [2.45, 2.75) is 50.6 Å². The molecule has 0 radical (unpaired) electrons. The van der Waals surface area contributed by atoms with Crippen molar-refractivity contribution in [3.63, 3.8) is 0 Å². The molecule has 0 spiro atoms. The second-order valence-corrected chi connectivity index (χ2v) is 6.86. The van der Waals surface area contributed by atoms with Crippen molar-refractivity contribution < 1.29 is 14.9 Å². The number of terminal acetylenes is 1. The molecule has 136 valence electrons. The van der Waals surface area contributed by atoms with Crippen molar-refractivity contribution >= 4 is 5.69 Å². The van der Waals surface area contributed by atoms with Gasteiger partial charge in [-0.15, -0.1) is 6.42 Å². The molecule has 4 heteroatoms. The number of ether oxygens (including phenoxy) is 1. The van der Waals surface area contributed by atoms with Crippen molar-refractivity contribution in [1.29, 1.82) is 0 Å². The molecule has 0 aromatic heterocycles. The average Bonchev–Trinajstić information content (AvgIpc) is 2.66. The van der Waals surface area contributed by atoms with Crippen LogP contribution in [0.15, 0.2) is 42.5 Å². The van der Waals surface area contributed by atoms with Gasteiger partial charge in [0.2, 0.25) is 0 Å². The van der Waals surface area contributed by atoms with Crippen molar-refractivity contribution in [1.82, 2.24) is 0 Å². The summed E-state index contributed by atoms with van der Waals surface area (Å²) in [5.74, 6) is 2.61. The molecule has 2 aromatic carbocycles. The van der Waals surface area contributed by atoms with Crippen molar-refractivity contribution in [2.24, 2.45) is 0 Å². The maximum Gasteiger partial charge on any atom is 0.111 e. The quantitative estimate of drug-likeness (QED) is 0.585.